The molecule has 0 spiro atoms. The van der Waals surface area contributed by atoms with E-state index in [0.29, 0.717) is 5.88 Å². The van der Waals surface area contributed by atoms with Crippen LogP contribution in [0.1, 0.15) is 12.5 Å². The molecule has 2 N–H and O–H groups in total. The number of aromatic nitrogens is 1. The Morgan fingerprint density at radius 1 is 1.38 bits per heavy atom. The zero-order chi connectivity index (χ0) is 11.5. The molecular weight excluding hydrogens is 200 g/mol. The van der Waals surface area contributed by atoms with Crippen molar-refractivity contribution in [2.45, 2.75) is 19.4 Å². The molecule has 1 unspecified atom stereocenters. The lowest BCUT2D eigenvalue weighted by molar-refractivity contribution is 0.393. The normalized spacial score (nSPS) is 12.7. The number of para-hydroxylation sites is 1. The fourth-order valence-corrected chi connectivity index (χ4v) is 1.81. The second kappa shape index (κ2) is 4.49. The van der Waals surface area contributed by atoms with Crippen molar-refractivity contribution in [2.24, 2.45) is 5.73 Å². The summed E-state index contributed by atoms with van der Waals surface area (Å²) in [5, 5.41) is 1.12. The van der Waals surface area contributed by atoms with Crippen molar-refractivity contribution in [3.63, 3.8) is 0 Å². The molecule has 0 amide bonds. The smallest absolute Gasteiger partial charge is 0.216 e. The molecule has 0 aliphatic heterocycles. The lowest BCUT2D eigenvalue weighted by Gasteiger charge is -2.11. The highest BCUT2D eigenvalue weighted by molar-refractivity contribution is 5.80. The van der Waals surface area contributed by atoms with Gasteiger partial charge in [0.25, 0.3) is 0 Å². The summed E-state index contributed by atoms with van der Waals surface area (Å²) < 4.78 is 5.29. The van der Waals surface area contributed by atoms with Gasteiger partial charge in [-0.05, 0) is 25.5 Å². The van der Waals surface area contributed by atoms with Crippen molar-refractivity contribution in [1.29, 1.82) is 0 Å². The number of hydrogen-bond acceptors (Lipinski definition) is 3. The van der Waals surface area contributed by atoms with Crippen LogP contribution in [0.25, 0.3) is 10.9 Å². The highest BCUT2D eigenvalue weighted by Crippen LogP contribution is 2.22. The van der Waals surface area contributed by atoms with Crippen molar-refractivity contribution >= 4 is 10.9 Å². The quantitative estimate of drug-likeness (QED) is 0.855. The van der Waals surface area contributed by atoms with E-state index in [-0.39, 0.29) is 6.04 Å². The van der Waals surface area contributed by atoms with E-state index in [9.17, 15) is 0 Å². The molecule has 1 atom stereocenters. The molecule has 0 aliphatic rings. The van der Waals surface area contributed by atoms with E-state index in [1.807, 2.05) is 31.2 Å². The van der Waals surface area contributed by atoms with Crippen LogP contribution in [-0.2, 0) is 6.42 Å². The monoisotopic (exact) mass is 216 g/mol. The second-order valence-corrected chi connectivity index (χ2v) is 4.03. The molecule has 1 aromatic heterocycles. The third-order valence-corrected chi connectivity index (χ3v) is 2.50. The van der Waals surface area contributed by atoms with Gasteiger partial charge in [0.15, 0.2) is 0 Å². The van der Waals surface area contributed by atoms with Gasteiger partial charge in [0.2, 0.25) is 5.88 Å². The summed E-state index contributed by atoms with van der Waals surface area (Å²) >= 11 is 0. The number of hydrogen-bond donors (Lipinski definition) is 1. The van der Waals surface area contributed by atoms with Gasteiger partial charge in [0, 0.05) is 17.0 Å². The minimum atomic E-state index is 0.108. The predicted molar refractivity (Wildman–Crippen MR) is 65.6 cm³/mol. The van der Waals surface area contributed by atoms with Crippen molar-refractivity contribution in [1.82, 2.24) is 4.98 Å². The minimum absolute atomic E-state index is 0.108. The molecule has 0 saturated carbocycles. The number of fused-ring (bicyclic) bond motifs is 1. The molecule has 0 fully saturated rings. The molecule has 84 valence electrons. The summed E-state index contributed by atoms with van der Waals surface area (Å²) in [6.07, 6.45) is 0.779. The molecule has 16 heavy (non-hydrogen) atoms. The molecule has 1 aromatic carbocycles. The summed E-state index contributed by atoms with van der Waals surface area (Å²) in [4.78, 5) is 4.47. The van der Waals surface area contributed by atoms with E-state index in [4.69, 9.17) is 10.5 Å². The first-order valence-electron chi connectivity index (χ1n) is 5.39. The molecule has 0 radical (unpaired) electrons. The Morgan fingerprint density at radius 2 is 2.12 bits per heavy atom. The lowest BCUT2D eigenvalue weighted by Crippen LogP contribution is -2.18. The number of pyridine rings is 1. The van der Waals surface area contributed by atoms with E-state index in [2.05, 4.69) is 11.1 Å². The number of nitrogens with zero attached hydrogens (tertiary/aromatic N) is 1. The van der Waals surface area contributed by atoms with E-state index >= 15 is 0 Å². The Labute approximate surface area is 95.2 Å². The second-order valence-electron chi connectivity index (χ2n) is 4.03. The van der Waals surface area contributed by atoms with Gasteiger partial charge in [-0.25, -0.2) is 4.98 Å². The molecule has 0 aliphatic carbocycles. The van der Waals surface area contributed by atoms with Crippen LogP contribution in [0.15, 0.2) is 30.3 Å². The van der Waals surface area contributed by atoms with Crippen molar-refractivity contribution < 1.29 is 4.74 Å². The number of nitrogens with two attached hydrogens (primary N) is 1. The van der Waals surface area contributed by atoms with Gasteiger partial charge in [-0.1, -0.05) is 18.2 Å². The van der Waals surface area contributed by atoms with E-state index in [1.54, 1.807) is 7.11 Å². The SMILES string of the molecule is COc1nc2ccccc2cc1CC(C)N. The van der Waals surface area contributed by atoms with Crippen LogP contribution in [0.5, 0.6) is 5.88 Å². The van der Waals surface area contributed by atoms with Gasteiger partial charge >= 0.3 is 0 Å². The van der Waals surface area contributed by atoms with Gasteiger partial charge in [0.1, 0.15) is 0 Å². The standard InChI is InChI=1S/C13H16N2O/c1-9(14)7-11-8-10-5-3-4-6-12(10)15-13(11)16-2/h3-6,8-9H,7,14H2,1-2H3. The first-order chi connectivity index (χ1) is 7.70. The average molecular weight is 216 g/mol. The zero-order valence-electron chi connectivity index (χ0n) is 9.60. The highest BCUT2D eigenvalue weighted by Gasteiger charge is 2.08. The lowest BCUT2D eigenvalue weighted by atomic mass is 10.1. The van der Waals surface area contributed by atoms with Crippen LogP contribution in [0.4, 0.5) is 0 Å². The molecule has 0 saturated heterocycles. The molecular formula is C13H16N2O. The van der Waals surface area contributed by atoms with E-state index in [1.165, 1.54) is 0 Å². The Balaban J connectivity index is 2.53. The first kappa shape index (κ1) is 10.9. The van der Waals surface area contributed by atoms with Crippen LogP contribution in [-0.4, -0.2) is 18.1 Å². The highest BCUT2D eigenvalue weighted by atomic mass is 16.5. The van der Waals surface area contributed by atoms with Crippen LogP contribution in [0.2, 0.25) is 0 Å². The maximum atomic E-state index is 5.81. The fourth-order valence-electron chi connectivity index (χ4n) is 1.81. The Morgan fingerprint density at radius 3 is 2.81 bits per heavy atom. The summed E-state index contributed by atoms with van der Waals surface area (Å²) in [7, 11) is 1.64. The van der Waals surface area contributed by atoms with Gasteiger partial charge in [-0.2, -0.15) is 0 Å². The molecule has 3 nitrogen and oxygen atoms in total. The number of ether oxygens (including phenoxy) is 1. The molecule has 3 heteroatoms. The number of benzene rings is 1. The Hall–Kier alpha value is -1.61. The van der Waals surface area contributed by atoms with Crippen molar-refractivity contribution in [2.75, 3.05) is 7.11 Å². The maximum Gasteiger partial charge on any atom is 0.216 e. The predicted octanol–water partition coefficient (Wildman–Crippen LogP) is 2.13. The summed E-state index contributed by atoms with van der Waals surface area (Å²) in [6, 6.07) is 10.2. The fraction of sp³-hybridized carbons (Fsp3) is 0.308. The largest absolute Gasteiger partial charge is 0.481 e. The molecule has 0 bridgehead atoms. The minimum Gasteiger partial charge on any atom is -0.481 e. The van der Waals surface area contributed by atoms with Gasteiger partial charge in [-0.15, -0.1) is 0 Å². The van der Waals surface area contributed by atoms with Gasteiger partial charge in [-0.3, -0.25) is 0 Å². The summed E-state index contributed by atoms with van der Waals surface area (Å²) in [5.41, 5.74) is 7.83. The maximum absolute atomic E-state index is 5.81. The Kier molecular flexibility index (Phi) is 3.06. The van der Waals surface area contributed by atoms with Crippen LogP contribution in [0, 0.1) is 0 Å². The summed E-state index contributed by atoms with van der Waals surface area (Å²) in [6.45, 7) is 1.98. The molecule has 1 heterocycles. The van der Waals surface area contributed by atoms with Crippen molar-refractivity contribution in [3.05, 3.63) is 35.9 Å². The number of methoxy groups -OCH3 is 1. The molecule has 2 rings (SSSR count). The third kappa shape index (κ3) is 2.14. The number of rotatable bonds is 3. The van der Waals surface area contributed by atoms with Crippen molar-refractivity contribution in [3.8, 4) is 5.88 Å². The van der Waals surface area contributed by atoms with Gasteiger partial charge in [0.05, 0.1) is 12.6 Å². The summed E-state index contributed by atoms with van der Waals surface area (Å²) in [5.74, 6) is 0.677. The third-order valence-electron chi connectivity index (χ3n) is 2.50. The first-order valence-corrected chi connectivity index (χ1v) is 5.39. The van der Waals surface area contributed by atoms with Crippen LogP contribution in [0.3, 0.4) is 0 Å². The topological polar surface area (TPSA) is 48.1 Å². The zero-order valence-corrected chi connectivity index (χ0v) is 9.60. The average Bonchev–Trinajstić information content (AvgIpc) is 2.27. The van der Waals surface area contributed by atoms with Crippen LogP contribution < -0.4 is 10.5 Å². The van der Waals surface area contributed by atoms with E-state index < -0.39 is 0 Å². The molecule has 2 aromatic rings. The van der Waals surface area contributed by atoms with Crippen LogP contribution >= 0.6 is 0 Å². The Bertz CT molecular complexity index is 494. The van der Waals surface area contributed by atoms with E-state index in [0.717, 1.165) is 22.9 Å². The van der Waals surface area contributed by atoms with Gasteiger partial charge < -0.3 is 10.5 Å².